The molecule has 2 unspecified atom stereocenters. The van der Waals surface area contributed by atoms with Crippen LogP contribution in [0.15, 0.2) is 15.4 Å². The number of carbonyl (C=O) groups excluding carboxylic acids is 1. The van der Waals surface area contributed by atoms with Crippen LogP contribution in [0.5, 0.6) is 0 Å². The number of carbonyl (C=O) groups is 2. The quantitative estimate of drug-likeness (QED) is 0.817. The van der Waals surface area contributed by atoms with Crippen molar-refractivity contribution >= 4 is 22.0 Å². The van der Waals surface area contributed by atoms with E-state index in [1.54, 1.807) is 6.92 Å². The molecule has 2 rings (SSSR count). The number of esters is 1. The smallest absolute Gasteiger partial charge is 0.373 e. The Morgan fingerprint density at radius 3 is 2.61 bits per heavy atom. The first-order valence-electron chi connectivity index (χ1n) is 7.12. The molecule has 9 heteroatoms. The van der Waals surface area contributed by atoms with E-state index in [0.29, 0.717) is 12.8 Å². The normalized spacial score (nSPS) is 22.7. The predicted molar refractivity (Wildman–Crippen MR) is 78.5 cm³/mol. The molecule has 1 saturated heterocycles. The van der Waals surface area contributed by atoms with E-state index < -0.39 is 27.9 Å². The van der Waals surface area contributed by atoms with Crippen molar-refractivity contribution < 1.29 is 32.3 Å². The lowest BCUT2D eigenvalue weighted by Crippen LogP contribution is -2.47. The Kier molecular flexibility index (Phi) is 4.81. The number of piperidine rings is 1. The minimum atomic E-state index is -3.96. The molecular weight excluding hydrogens is 326 g/mol. The number of ether oxygens (including phenoxy) is 1. The van der Waals surface area contributed by atoms with E-state index in [9.17, 15) is 18.0 Å². The van der Waals surface area contributed by atoms with Gasteiger partial charge in [0.05, 0.1) is 13.0 Å². The second kappa shape index (κ2) is 6.32. The van der Waals surface area contributed by atoms with E-state index in [-0.39, 0.29) is 29.0 Å². The summed E-state index contributed by atoms with van der Waals surface area (Å²) in [6, 6.07) is 0.791. The van der Waals surface area contributed by atoms with E-state index in [2.05, 4.69) is 4.74 Å². The highest BCUT2D eigenvalue weighted by atomic mass is 32.2. The van der Waals surface area contributed by atoms with Gasteiger partial charge in [-0.2, -0.15) is 4.31 Å². The zero-order valence-corrected chi connectivity index (χ0v) is 13.9. The highest BCUT2D eigenvalue weighted by Crippen LogP contribution is 2.31. The third-order valence-electron chi connectivity index (χ3n) is 4.02. The van der Waals surface area contributed by atoms with Crippen LogP contribution in [0.25, 0.3) is 0 Å². The minimum Gasteiger partial charge on any atom is -0.481 e. The summed E-state index contributed by atoms with van der Waals surface area (Å²) in [6.07, 6.45) is 0.886. The van der Waals surface area contributed by atoms with Gasteiger partial charge < -0.3 is 14.3 Å². The molecule has 0 aliphatic carbocycles. The SMILES string of the molecule is COC(=O)c1cc(S(=O)(=O)N2CC(C(=O)O)CCC2C)c(C)o1. The van der Waals surface area contributed by atoms with Crippen LogP contribution in [0.4, 0.5) is 0 Å². The Morgan fingerprint density at radius 1 is 1.39 bits per heavy atom. The lowest BCUT2D eigenvalue weighted by Gasteiger charge is -2.35. The van der Waals surface area contributed by atoms with Gasteiger partial charge in [-0.1, -0.05) is 0 Å². The van der Waals surface area contributed by atoms with Gasteiger partial charge in [-0.25, -0.2) is 13.2 Å². The standard InChI is InChI=1S/C14H19NO7S/c1-8-4-5-10(13(16)17)7-15(8)23(19,20)12-6-11(14(18)21-3)22-9(12)2/h6,8,10H,4-5,7H2,1-3H3,(H,16,17). The molecule has 1 aliphatic rings. The molecule has 0 saturated carbocycles. The van der Waals surface area contributed by atoms with Gasteiger partial charge in [0.1, 0.15) is 10.7 Å². The summed E-state index contributed by atoms with van der Waals surface area (Å²) in [5, 5.41) is 9.14. The van der Waals surface area contributed by atoms with Gasteiger partial charge >= 0.3 is 11.9 Å². The Labute approximate surface area is 134 Å². The highest BCUT2D eigenvalue weighted by Gasteiger charge is 2.39. The molecule has 1 N–H and O–H groups in total. The maximum Gasteiger partial charge on any atom is 0.373 e. The number of nitrogens with zero attached hydrogens (tertiary/aromatic N) is 1. The minimum absolute atomic E-state index is 0.0649. The van der Waals surface area contributed by atoms with Crippen LogP contribution in [0.2, 0.25) is 0 Å². The maximum atomic E-state index is 12.8. The predicted octanol–water partition coefficient (Wildman–Crippen LogP) is 1.25. The van der Waals surface area contributed by atoms with Gasteiger partial charge in [0.25, 0.3) is 0 Å². The first kappa shape index (κ1) is 17.5. The van der Waals surface area contributed by atoms with Crippen molar-refractivity contribution in [3.63, 3.8) is 0 Å². The molecule has 2 heterocycles. The molecule has 128 valence electrons. The van der Waals surface area contributed by atoms with E-state index in [1.807, 2.05) is 0 Å². The largest absolute Gasteiger partial charge is 0.481 e. The number of hydrogen-bond donors (Lipinski definition) is 1. The molecule has 1 aliphatic heterocycles. The van der Waals surface area contributed by atoms with Crippen molar-refractivity contribution in [2.75, 3.05) is 13.7 Å². The van der Waals surface area contributed by atoms with Crippen LogP contribution in [-0.4, -0.2) is 49.5 Å². The van der Waals surface area contributed by atoms with Crippen LogP contribution in [-0.2, 0) is 19.6 Å². The number of sulfonamides is 1. The number of aliphatic carboxylic acids is 1. The van der Waals surface area contributed by atoms with Crippen LogP contribution < -0.4 is 0 Å². The molecule has 8 nitrogen and oxygen atoms in total. The summed E-state index contributed by atoms with van der Waals surface area (Å²) in [4.78, 5) is 22.5. The molecule has 2 atom stereocenters. The zero-order valence-electron chi connectivity index (χ0n) is 13.1. The lowest BCUT2D eigenvalue weighted by atomic mass is 9.96. The fraction of sp³-hybridized carbons (Fsp3) is 0.571. The Morgan fingerprint density at radius 2 is 2.04 bits per heavy atom. The van der Waals surface area contributed by atoms with Gasteiger partial charge in [0.15, 0.2) is 0 Å². The van der Waals surface area contributed by atoms with Crippen molar-refractivity contribution in [1.29, 1.82) is 0 Å². The van der Waals surface area contributed by atoms with Crippen molar-refractivity contribution in [3.05, 3.63) is 17.6 Å². The van der Waals surface area contributed by atoms with E-state index in [1.165, 1.54) is 14.0 Å². The number of carboxylic acid groups (broad SMARTS) is 1. The number of methoxy groups -OCH3 is 1. The number of carboxylic acids is 1. The fourth-order valence-corrected chi connectivity index (χ4v) is 4.53. The number of rotatable bonds is 4. The molecular formula is C14H19NO7S. The second-order valence-corrected chi connectivity index (χ2v) is 7.42. The summed E-state index contributed by atoms with van der Waals surface area (Å²) in [7, 11) is -2.80. The molecule has 0 bridgehead atoms. The van der Waals surface area contributed by atoms with Gasteiger partial charge in [-0.15, -0.1) is 0 Å². The van der Waals surface area contributed by atoms with Crippen molar-refractivity contribution in [2.45, 2.75) is 37.6 Å². The number of hydrogen-bond acceptors (Lipinski definition) is 6. The van der Waals surface area contributed by atoms with E-state index >= 15 is 0 Å². The summed E-state index contributed by atoms with van der Waals surface area (Å²) < 4.78 is 36.5. The molecule has 0 amide bonds. The van der Waals surface area contributed by atoms with Crippen molar-refractivity contribution in [1.82, 2.24) is 4.31 Å². The highest BCUT2D eigenvalue weighted by molar-refractivity contribution is 7.89. The average Bonchev–Trinajstić information content (AvgIpc) is 2.89. The van der Waals surface area contributed by atoms with Gasteiger partial charge in [-0.3, -0.25) is 4.79 Å². The number of furan rings is 1. The summed E-state index contributed by atoms with van der Waals surface area (Å²) in [5.41, 5.74) is 0. The fourth-order valence-electron chi connectivity index (χ4n) is 2.66. The summed E-state index contributed by atoms with van der Waals surface area (Å²) >= 11 is 0. The van der Waals surface area contributed by atoms with E-state index in [4.69, 9.17) is 9.52 Å². The van der Waals surface area contributed by atoms with Gasteiger partial charge in [-0.05, 0) is 26.7 Å². The average molecular weight is 345 g/mol. The molecule has 1 aromatic heterocycles. The maximum absolute atomic E-state index is 12.8. The number of aryl methyl sites for hydroxylation is 1. The van der Waals surface area contributed by atoms with Crippen molar-refractivity contribution in [3.8, 4) is 0 Å². The van der Waals surface area contributed by atoms with Crippen LogP contribution in [0.3, 0.4) is 0 Å². The summed E-state index contributed by atoms with van der Waals surface area (Å²) in [6.45, 7) is 3.06. The summed E-state index contributed by atoms with van der Waals surface area (Å²) in [5.74, 6) is -2.67. The molecule has 23 heavy (non-hydrogen) atoms. The van der Waals surface area contributed by atoms with Crippen LogP contribution in [0, 0.1) is 12.8 Å². The molecule has 0 spiro atoms. The molecule has 1 fully saturated rings. The molecule has 0 radical (unpaired) electrons. The van der Waals surface area contributed by atoms with Crippen LogP contribution in [0.1, 0.15) is 36.1 Å². The second-order valence-electron chi connectivity index (χ2n) is 5.56. The third-order valence-corrected chi connectivity index (χ3v) is 6.11. The zero-order chi connectivity index (χ0) is 17.4. The Bertz CT molecular complexity index is 721. The first-order valence-corrected chi connectivity index (χ1v) is 8.56. The molecule has 1 aromatic rings. The Balaban J connectivity index is 2.39. The van der Waals surface area contributed by atoms with Gasteiger partial charge in [0, 0.05) is 18.7 Å². The first-order chi connectivity index (χ1) is 10.7. The third kappa shape index (κ3) is 3.25. The monoisotopic (exact) mass is 345 g/mol. The lowest BCUT2D eigenvalue weighted by molar-refractivity contribution is -0.143. The van der Waals surface area contributed by atoms with Gasteiger partial charge in [0.2, 0.25) is 15.8 Å². The molecule has 0 aromatic carbocycles. The Hall–Kier alpha value is -1.87. The van der Waals surface area contributed by atoms with Crippen LogP contribution >= 0.6 is 0 Å². The topological polar surface area (TPSA) is 114 Å². The van der Waals surface area contributed by atoms with E-state index in [0.717, 1.165) is 10.4 Å². The van der Waals surface area contributed by atoms with Crippen molar-refractivity contribution in [2.24, 2.45) is 5.92 Å².